The van der Waals surface area contributed by atoms with Crippen molar-refractivity contribution in [2.24, 2.45) is 0 Å². The van der Waals surface area contributed by atoms with Crippen LogP contribution in [0.5, 0.6) is 11.5 Å². The third-order valence-electron chi connectivity index (χ3n) is 3.06. The molecule has 0 aliphatic carbocycles. The van der Waals surface area contributed by atoms with Crippen molar-refractivity contribution >= 4 is 17.6 Å². The van der Waals surface area contributed by atoms with Gasteiger partial charge in [0.1, 0.15) is 0 Å². The Bertz CT molecular complexity index is 680. The maximum Gasteiger partial charge on any atom is 0.358 e. The molecule has 1 aromatic carbocycles. The summed E-state index contributed by atoms with van der Waals surface area (Å²) in [5.74, 6) is 0.0161. The van der Waals surface area contributed by atoms with Crippen LogP contribution in [0.3, 0.4) is 0 Å². The van der Waals surface area contributed by atoms with Gasteiger partial charge in [-0.1, -0.05) is 23.7 Å². The summed E-state index contributed by atoms with van der Waals surface area (Å²) in [4.78, 5) is 10.9. The van der Waals surface area contributed by atoms with Crippen LogP contribution in [-0.4, -0.2) is 30.5 Å². The van der Waals surface area contributed by atoms with Crippen LogP contribution >= 0.6 is 11.6 Å². The normalized spacial score (nSPS) is 10.5. The average Bonchev–Trinajstić information content (AvgIpc) is 2.96. The van der Waals surface area contributed by atoms with E-state index in [0.717, 1.165) is 5.56 Å². The topological polar surface area (TPSA) is 81.8 Å². The molecule has 1 N–H and O–H groups in total. The number of carboxylic acids is 1. The molecule has 21 heavy (non-hydrogen) atoms. The molecule has 0 bridgehead atoms. The van der Waals surface area contributed by atoms with Gasteiger partial charge in [0.25, 0.3) is 0 Å². The summed E-state index contributed by atoms with van der Waals surface area (Å²) in [5.41, 5.74) is 1.22. The highest BCUT2D eigenvalue weighted by molar-refractivity contribution is 6.33. The second-order valence-electron chi connectivity index (χ2n) is 4.19. The van der Waals surface area contributed by atoms with Crippen LogP contribution in [0.15, 0.2) is 16.7 Å². The molecule has 0 unspecified atom stereocenters. The van der Waals surface area contributed by atoms with Gasteiger partial charge in [0.2, 0.25) is 0 Å². The van der Waals surface area contributed by atoms with E-state index in [1.165, 1.54) is 20.3 Å². The summed E-state index contributed by atoms with van der Waals surface area (Å²) >= 11 is 6.33. The molecule has 1 aromatic heterocycles. The lowest BCUT2D eigenvalue weighted by molar-refractivity contribution is 0.0686. The Labute approximate surface area is 126 Å². The fraction of sp³-hybridized carbons (Fsp3) is 0.286. The predicted molar refractivity (Wildman–Crippen MR) is 76.4 cm³/mol. The molecule has 2 rings (SSSR count). The first kappa shape index (κ1) is 15.2. The SMILES string of the molecule is CCc1c(-c2cc(C(=O)O)no2)cc(OC)c(OC)c1Cl. The number of hydrogen-bond donors (Lipinski definition) is 1. The third-order valence-corrected chi connectivity index (χ3v) is 3.46. The number of nitrogens with zero attached hydrogens (tertiary/aromatic N) is 1. The lowest BCUT2D eigenvalue weighted by Gasteiger charge is -2.15. The first-order valence-electron chi connectivity index (χ1n) is 6.17. The standard InChI is InChI=1S/C14H14ClNO5/c1-4-7-8(10-6-9(14(17)18)16-21-10)5-11(19-2)13(20-3)12(7)15/h5-6H,4H2,1-3H3,(H,17,18). The first-order valence-corrected chi connectivity index (χ1v) is 6.55. The van der Waals surface area contributed by atoms with Crippen LogP contribution < -0.4 is 9.47 Å². The Balaban J connectivity index is 2.66. The zero-order valence-corrected chi connectivity index (χ0v) is 12.5. The minimum absolute atomic E-state index is 0.169. The van der Waals surface area contributed by atoms with E-state index in [0.29, 0.717) is 34.3 Å². The number of halogens is 1. The zero-order valence-electron chi connectivity index (χ0n) is 11.8. The van der Waals surface area contributed by atoms with Crippen molar-refractivity contribution in [1.82, 2.24) is 5.16 Å². The lowest BCUT2D eigenvalue weighted by atomic mass is 10.0. The summed E-state index contributed by atoms with van der Waals surface area (Å²) in [7, 11) is 2.99. The molecule has 0 spiro atoms. The summed E-state index contributed by atoms with van der Waals surface area (Å²) in [6.07, 6.45) is 0.609. The molecule has 112 valence electrons. The van der Waals surface area contributed by atoms with Crippen molar-refractivity contribution < 1.29 is 23.9 Å². The Morgan fingerprint density at radius 3 is 2.57 bits per heavy atom. The van der Waals surface area contributed by atoms with Gasteiger partial charge in [-0.3, -0.25) is 0 Å². The maximum absolute atomic E-state index is 10.9. The first-order chi connectivity index (χ1) is 10.0. The molecule has 0 aliphatic heterocycles. The lowest BCUT2D eigenvalue weighted by Crippen LogP contribution is -1.97. The van der Waals surface area contributed by atoms with Gasteiger partial charge >= 0.3 is 5.97 Å². The summed E-state index contributed by atoms with van der Waals surface area (Å²) in [6.45, 7) is 1.92. The van der Waals surface area contributed by atoms with Gasteiger partial charge in [-0.2, -0.15) is 0 Å². The second-order valence-corrected chi connectivity index (χ2v) is 4.57. The van der Waals surface area contributed by atoms with Gasteiger partial charge < -0.3 is 19.1 Å². The van der Waals surface area contributed by atoms with Crippen molar-refractivity contribution in [1.29, 1.82) is 0 Å². The number of carboxylic acid groups (broad SMARTS) is 1. The van der Waals surface area contributed by atoms with Gasteiger partial charge in [0.05, 0.1) is 19.2 Å². The molecular weight excluding hydrogens is 298 g/mol. The van der Waals surface area contributed by atoms with Crippen molar-refractivity contribution in [3.05, 3.63) is 28.4 Å². The molecule has 6 nitrogen and oxygen atoms in total. The summed E-state index contributed by atoms with van der Waals surface area (Å²) < 4.78 is 15.6. The summed E-state index contributed by atoms with van der Waals surface area (Å²) in [5, 5.41) is 12.8. The molecular formula is C14H14ClNO5. The molecule has 0 radical (unpaired) electrons. The van der Waals surface area contributed by atoms with Gasteiger partial charge in [-0.05, 0) is 18.1 Å². The smallest absolute Gasteiger partial charge is 0.358 e. The van der Waals surface area contributed by atoms with E-state index in [2.05, 4.69) is 5.16 Å². The quantitative estimate of drug-likeness (QED) is 0.912. The Morgan fingerprint density at radius 1 is 1.38 bits per heavy atom. The van der Waals surface area contributed by atoms with E-state index >= 15 is 0 Å². The molecule has 0 saturated carbocycles. The van der Waals surface area contributed by atoms with Crippen LogP contribution in [0.1, 0.15) is 23.0 Å². The van der Waals surface area contributed by atoms with E-state index in [-0.39, 0.29) is 5.69 Å². The molecule has 7 heteroatoms. The Kier molecular flexibility index (Phi) is 4.37. The van der Waals surface area contributed by atoms with Crippen molar-refractivity contribution in [2.75, 3.05) is 14.2 Å². The van der Waals surface area contributed by atoms with Crippen molar-refractivity contribution in [2.45, 2.75) is 13.3 Å². The van der Waals surface area contributed by atoms with Gasteiger partial charge in [-0.25, -0.2) is 4.79 Å². The average molecular weight is 312 g/mol. The van der Waals surface area contributed by atoms with E-state index in [9.17, 15) is 4.79 Å². The van der Waals surface area contributed by atoms with E-state index in [1.54, 1.807) is 6.07 Å². The summed E-state index contributed by atoms with van der Waals surface area (Å²) in [6, 6.07) is 3.04. The van der Waals surface area contributed by atoms with Crippen molar-refractivity contribution in [3.8, 4) is 22.8 Å². The molecule has 0 fully saturated rings. The minimum atomic E-state index is -1.16. The van der Waals surface area contributed by atoms with Crippen LogP contribution in [0.4, 0.5) is 0 Å². The molecule has 2 aromatic rings. The number of aromatic nitrogens is 1. The second kappa shape index (κ2) is 6.05. The predicted octanol–water partition coefficient (Wildman–Crippen LogP) is 3.27. The molecule has 0 atom stereocenters. The fourth-order valence-electron chi connectivity index (χ4n) is 2.06. The number of rotatable bonds is 5. The largest absolute Gasteiger partial charge is 0.493 e. The molecule has 0 aliphatic rings. The van der Waals surface area contributed by atoms with E-state index < -0.39 is 5.97 Å². The van der Waals surface area contributed by atoms with Gasteiger partial charge in [-0.15, -0.1) is 0 Å². The third kappa shape index (κ3) is 2.67. The number of aromatic carboxylic acids is 1. The highest BCUT2D eigenvalue weighted by Crippen LogP contribution is 2.43. The van der Waals surface area contributed by atoms with Crippen molar-refractivity contribution in [3.63, 3.8) is 0 Å². The Hall–Kier alpha value is -2.21. The van der Waals surface area contributed by atoms with Gasteiger partial charge in [0.15, 0.2) is 23.0 Å². The van der Waals surface area contributed by atoms with Crippen LogP contribution in [0.2, 0.25) is 5.02 Å². The molecule has 0 saturated heterocycles. The molecule has 0 amide bonds. The number of ether oxygens (including phenoxy) is 2. The molecule has 1 heterocycles. The Morgan fingerprint density at radius 2 is 2.10 bits per heavy atom. The van der Waals surface area contributed by atoms with Gasteiger partial charge in [0, 0.05) is 11.6 Å². The van der Waals surface area contributed by atoms with E-state index in [4.69, 9.17) is 30.7 Å². The number of carbonyl (C=O) groups is 1. The number of methoxy groups -OCH3 is 2. The minimum Gasteiger partial charge on any atom is -0.493 e. The maximum atomic E-state index is 10.9. The van der Waals surface area contributed by atoms with E-state index in [1.807, 2.05) is 6.92 Å². The highest BCUT2D eigenvalue weighted by Gasteiger charge is 2.21. The zero-order chi connectivity index (χ0) is 15.6. The number of benzene rings is 1. The van der Waals surface area contributed by atoms with Crippen LogP contribution in [0, 0.1) is 0 Å². The number of hydrogen-bond acceptors (Lipinski definition) is 5. The monoisotopic (exact) mass is 311 g/mol. The highest BCUT2D eigenvalue weighted by atomic mass is 35.5. The van der Waals surface area contributed by atoms with Crippen LogP contribution in [-0.2, 0) is 6.42 Å². The fourth-order valence-corrected chi connectivity index (χ4v) is 2.46. The van der Waals surface area contributed by atoms with Crippen LogP contribution in [0.25, 0.3) is 11.3 Å².